The normalized spacial score (nSPS) is 11.0. The Hall–Kier alpha value is -3.05. The summed E-state index contributed by atoms with van der Waals surface area (Å²) in [6.07, 6.45) is 1.41. The van der Waals surface area contributed by atoms with Crippen molar-refractivity contribution in [1.82, 2.24) is 20.2 Å². The number of ether oxygens (including phenoxy) is 3. The number of aromatic hydroxyl groups is 1. The molecule has 0 radical (unpaired) electrons. The maximum Gasteiger partial charge on any atom is 0.250 e. The third-order valence-electron chi connectivity index (χ3n) is 5.35. The Morgan fingerprint density at radius 2 is 1.74 bits per heavy atom. The number of hydrazone groups is 1. The van der Waals surface area contributed by atoms with Gasteiger partial charge < -0.3 is 19.3 Å². The van der Waals surface area contributed by atoms with Crippen LogP contribution in [0.25, 0.3) is 17.1 Å². The van der Waals surface area contributed by atoms with Crippen molar-refractivity contribution in [2.24, 2.45) is 5.10 Å². The van der Waals surface area contributed by atoms with E-state index in [1.165, 1.54) is 18.0 Å². The van der Waals surface area contributed by atoms with E-state index in [4.69, 9.17) is 14.2 Å². The molecule has 0 fully saturated rings. The van der Waals surface area contributed by atoms with E-state index in [9.17, 15) is 9.90 Å². The SMILES string of the molecule is COc1cc(-c2nnc(SCC(=O)N/N=C\c3cc(I)cc(I)c3O)n2-c2ccccc2)cc(OC)c1OC. The van der Waals surface area contributed by atoms with E-state index >= 15 is 0 Å². The third-order valence-corrected chi connectivity index (χ3v) is 7.73. The molecule has 0 aliphatic heterocycles. The number of aromatic nitrogens is 3. The fourth-order valence-electron chi connectivity index (χ4n) is 3.59. The molecular weight excluding hydrogens is 748 g/mol. The lowest BCUT2D eigenvalue weighted by Crippen LogP contribution is -2.20. The highest BCUT2D eigenvalue weighted by molar-refractivity contribution is 14.1. The van der Waals surface area contributed by atoms with Gasteiger partial charge in [-0.25, -0.2) is 5.43 Å². The van der Waals surface area contributed by atoms with Gasteiger partial charge in [0, 0.05) is 20.4 Å². The molecule has 4 rings (SSSR count). The molecule has 13 heteroatoms. The molecule has 2 N–H and O–H groups in total. The molecule has 1 amide bonds. The summed E-state index contributed by atoms with van der Waals surface area (Å²) in [5, 5.41) is 23.5. The number of thioether (sulfide) groups is 1. The van der Waals surface area contributed by atoms with Crippen LogP contribution < -0.4 is 19.6 Å². The standard InChI is InChI=1S/C26H23I2N5O5S/c1-36-20-10-15(11-21(37-2)24(20)38-3)25-31-32-26(33(25)18-7-5-4-6-8-18)39-14-22(34)30-29-13-16-9-17(27)12-19(28)23(16)35/h4-13,35H,14H2,1-3H3,(H,30,34)/b29-13-. The molecule has 0 atom stereocenters. The Labute approximate surface area is 256 Å². The first kappa shape index (κ1) is 28.9. The van der Waals surface area contributed by atoms with E-state index in [-0.39, 0.29) is 17.4 Å². The zero-order valence-electron chi connectivity index (χ0n) is 21.0. The highest BCUT2D eigenvalue weighted by atomic mass is 127. The molecule has 202 valence electrons. The first-order valence-electron chi connectivity index (χ1n) is 11.3. The zero-order valence-corrected chi connectivity index (χ0v) is 26.1. The minimum atomic E-state index is -0.340. The van der Waals surface area contributed by atoms with E-state index in [0.717, 1.165) is 9.26 Å². The number of phenols is 1. The zero-order chi connectivity index (χ0) is 27.9. The summed E-state index contributed by atoms with van der Waals surface area (Å²) >= 11 is 5.41. The van der Waals surface area contributed by atoms with Crippen LogP contribution in [0.5, 0.6) is 23.0 Å². The first-order valence-corrected chi connectivity index (χ1v) is 14.4. The molecular formula is C26H23I2N5O5S. The molecule has 0 aliphatic rings. The van der Waals surface area contributed by atoms with Gasteiger partial charge in [0.1, 0.15) is 5.75 Å². The highest BCUT2D eigenvalue weighted by Gasteiger charge is 2.21. The summed E-state index contributed by atoms with van der Waals surface area (Å²) in [6.45, 7) is 0. The predicted molar refractivity (Wildman–Crippen MR) is 166 cm³/mol. The number of carbonyl (C=O) groups is 1. The number of rotatable bonds is 10. The van der Waals surface area contributed by atoms with Crippen LogP contribution in [-0.2, 0) is 4.79 Å². The number of para-hydroxylation sites is 1. The Kier molecular flexibility index (Phi) is 9.90. The Bertz CT molecular complexity index is 1490. The number of nitrogens with zero attached hydrogens (tertiary/aromatic N) is 4. The monoisotopic (exact) mass is 771 g/mol. The van der Waals surface area contributed by atoms with Crippen LogP contribution in [0.3, 0.4) is 0 Å². The van der Waals surface area contributed by atoms with Gasteiger partial charge in [-0.05, 0) is 81.6 Å². The molecule has 0 saturated carbocycles. The number of hydrogen-bond donors (Lipinski definition) is 2. The van der Waals surface area contributed by atoms with Gasteiger partial charge in [0.25, 0.3) is 5.91 Å². The number of carbonyl (C=O) groups excluding carboxylic acids is 1. The van der Waals surface area contributed by atoms with Crippen LogP contribution in [-0.4, -0.2) is 59.1 Å². The minimum absolute atomic E-state index is 0.0351. The lowest BCUT2D eigenvalue weighted by molar-refractivity contribution is -0.118. The van der Waals surface area contributed by atoms with Crippen molar-refractivity contribution in [1.29, 1.82) is 0 Å². The van der Waals surface area contributed by atoms with Crippen LogP contribution in [0.15, 0.2) is 64.9 Å². The Morgan fingerprint density at radius 1 is 1.05 bits per heavy atom. The predicted octanol–water partition coefficient (Wildman–Crippen LogP) is 5.12. The molecule has 10 nitrogen and oxygen atoms in total. The third kappa shape index (κ3) is 6.75. The second kappa shape index (κ2) is 13.3. The van der Waals surface area contributed by atoms with E-state index < -0.39 is 0 Å². The molecule has 0 spiro atoms. The highest BCUT2D eigenvalue weighted by Crippen LogP contribution is 2.41. The summed E-state index contributed by atoms with van der Waals surface area (Å²) in [5.74, 6) is 1.77. The van der Waals surface area contributed by atoms with Crippen molar-refractivity contribution in [3.63, 3.8) is 0 Å². The lowest BCUT2D eigenvalue weighted by Gasteiger charge is -2.15. The maximum atomic E-state index is 12.6. The topological polar surface area (TPSA) is 120 Å². The summed E-state index contributed by atoms with van der Waals surface area (Å²) in [6, 6.07) is 16.8. The summed E-state index contributed by atoms with van der Waals surface area (Å²) < 4.78 is 20.0. The van der Waals surface area contributed by atoms with E-state index in [1.807, 2.05) is 63.6 Å². The molecule has 0 bridgehead atoms. The average Bonchev–Trinajstić information content (AvgIpc) is 3.38. The second-order valence-corrected chi connectivity index (χ2v) is 11.1. The van der Waals surface area contributed by atoms with E-state index in [2.05, 4.69) is 43.3 Å². The van der Waals surface area contributed by atoms with Crippen molar-refractivity contribution in [2.75, 3.05) is 27.1 Å². The van der Waals surface area contributed by atoms with Crippen LogP contribution in [0.4, 0.5) is 0 Å². The largest absolute Gasteiger partial charge is 0.506 e. The smallest absolute Gasteiger partial charge is 0.250 e. The summed E-state index contributed by atoms with van der Waals surface area (Å²) in [7, 11) is 4.64. The van der Waals surface area contributed by atoms with Crippen molar-refractivity contribution in [3.05, 3.63) is 67.3 Å². The van der Waals surface area contributed by atoms with Gasteiger partial charge in [0.2, 0.25) is 5.75 Å². The van der Waals surface area contributed by atoms with Crippen LogP contribution >= 0.6 is 56.9 Å². The number of halogens is 2. The van der Waals surface area contributed by atoms with Crippen LogP contribution in [0, 0.1) is 7.14 Å². The quantitative estimate of drug-likeness (QED) is 0.0989. The van der Waals surface area contributed by atoms with Gasteiger partial charge in [-0.3, -0.25) is 9.36 Å². The van der Waals surface area contributed by atoms with Crippen molar-refractivity contribution >= 4 is 69.1 Å². The van der Waals surface area contributed by atoms with E-state index in [0.29, 0.717) is 42.9 Å². The number of hydrogen-bond acceptors (Lipinski definition) is 9. The van der Waals surface area contributed by atoms with Gasteiger partial charge in [0.05, 0.1) is 36.9 Å². The van der Waals surface area contributed by atoms with Gasteiger partial charge in [-0.2, -0.15) is 5.10 Å². The van der Waals surface area contributed by atoms with Crippen LogP contribution in [0.2, 0.25) is 0 Å². The molecule has 0 unspecified atom stereocenters. The number of phenolic OH excluding ortho intramolecular Hbond substituents is 1. The van der Waals surface area contributed by atoms with Crippen LogP contribution in [0.1, 0.15) is 5.56 Å². The summed E-state index contributed by atoms with van der Waals surface area (Å²) in [5.41, 5.74) is 4.51. The fourth-order valence-corrected chi connectivity index (χ4v) is 6.22. The average molecular weight is 771 g/mol. The number of methoxy groups -OCH3 is 3. The maximum absolute atomic E-state index is 12.6. The number of amides is 1. The van der Waals surface area contributed by atoms with Gasteiger partial charge in [-0.1, -0.05) is 30.0 Å². The molecule has 0 saturated heterocycles. The van der Waals surface area contributed by atoms with Crippen molar-refractivity contribution in [3.8, 4) is 40.1 Å². The molecule has 4 aromatic rings. The summed E-state index contributed by atoms with van der Waals surface area (Å²) in [4.78, 5) is 12.6. The van der Waals surface area contributed by atoms with Gasteiger partial charge >= 0.3 is 0 Å². The minimum Gasteiger partial charge on any atom is -0.506 e. The Balaban J connectivity index is 1.59. The number of benzene rings is 3. The van der Waals surface area contributed by atoms with Crippen molar-refractivity contribution in [2.45, 2.75) is 5.16 Å². The van der Waals surface area contributed by atoms with Gasteiger partial charge in [-0.15, -0.1) is 10.2 Å². The van der Waals surface area contributed by atoms with Gasteiger partial charge in [0.15, 0.2) is 22.5 Å². The Morgan fingerprint density at radius 3 is 2.38 bits per heavy atom. The van der Waals surface area contributed by atoms with E-state index in [1.54, 1.807) is 39.5 Å². The molecule has 0 aliphatic carbocycles. The molecule has 1 heterocycles. The molecule has 1 aromatic heterocycles. The number of nitrogens with one attached hydrogen (secondary N) is 1. The molecule has 39 heavy (non-hydrogen) atoms. The second-order valence-electron chi connectivity index (χ2n) is 7.80. The first-order chi connectivity index (χ1) is 18.9. The van der Waals surface area contributed by atoms with Crippen molar-refractivity contribution < 1.29 is 24.1 Å². The lowest BCUT2D eigenvalue weighted by atomic mass is 10.1. The molecule has 3 aromatic carbocycles. The fraction of sp³-hybridized carbons (Fsp3) is 0.154.